The molecule has 1 saturated carbocycles. The van der Waals surface area contributed by atoms with Crippen LogP contribution < -0.4 is 0 Å². The summed E-state index contributed by atoms with van der Waals surface area (Å²) in [5.74, 6) is 0.320. The van der Waals surface area contributed by atoms with Crippen LogP contribution in [-0.4, -0.2) is 0 Å². The molecule has 1 fully saturated rings. The maximum Gasteiger partial charge on any atom is 0.166 e. The van der Waals surface area contributed by atoms with Crippen molar-refractivity contribution in [3.63, 3.8) is 0 Å². The zero-order valence-corrected chi connectivity index (χ0v) is 20.9. The van der Waals surface area contributed by atoms with Crippen molar-refractivity contribution in [1.82, 2.24) is 0 Å². The van der Waals surface area contributed by atoms with E-state index in [4.69, 9.17) is 0 Å². The molecule has 186 valence electrons. The average Bonchev–Trinajstić information content (AvgIpc) is 2.92. The normalized spacial score (nSPS) is 22.2. The van der Waals surface area contributed by atoms with Gasteiger partial charge in [-0.2, -0.15) is 0 Å². The van der Waals surface area contributed by atoms with Crippen molar-refractivity contribution >= 4 is 5.57 Å². The molecular formula is C33H33F3. The van der Waals surface area contributed by atoms with E-state index in [9.17, 15) is 8.78 Å². The fourth-order valence-electron chi connectivity index (χ4n) is 6.05. The van der Waals surface area contributed by atoms with Gasteiger partial charge in [-0.25, -0.2) is 13.2 Å². The Hall–Kier alpha value is -3.07. The van der Waals surface area contributed by atoms with Crippen molar-refractivity contribution in [2.75, 3.05) is 0 Å². The number of aryl methyl sites for hydroxylation is 1. The number of hydrogen-bond donors (Lipinski definition) is 0. The molecule has 3 heteroatoms. The van der Waals surface area contributed by atoms with Gasteiger partial charge in [0.05, 0.1) is 0 Å². The van der Waals surface area contributed by atoms with Crippen LogP contribution in [0, 0.1) is 42.1 Å². The van der Waals surface area contributed by atoms with Crippen molar-refractivity contribution < 1.29 is 13.2 Å². The molecule has 0 aromatic heterocycles. The van der Waals surface area contributed by atoms with Crippen molar-refractivity contribution in [1.29, 1.82) is 0 Å². The summed E-state index contributed by atoms with van der Waals surface area (Å²) < 4.78 is 43.5. The Morgan fingerprint density at radius 1 is 0.722 bits per heavy atom. The Labute approximate surface area is 212 Å². The highest BCUT2D eigenvalue weighted by molar-refractivity contribution is 5.74. The minimum absolute atomic E-state index is 0.209. The monoisotopic (exact) mass is 486 g/mol. The van der Waals surface area contributed by atoms with Gasteiger partial charge in [0.2, 0.25) is 0 Å². The highest BCUT2D eigenvalue weighted by Gasteiger charge is 2.28. The maximum atomic E-state index is 15.2. The first-order valence-electron chi connectivity index (χ1n) is 13.1. The second-order valence-corrected chi connectivity index (χ2v) is 10.5. The van der Waals surface area contributed by atoms with Crippen LogP contribution in [0.3, 0.4) is 0 Å². The molecule has 2 aliphatic rings. The third kappa shape index (κ3) is 4.93. The van der Waals surface area contributed by atoms with Crippen molar-refractivity contribution in [2.45, 2.75) is 51.9 Å². The van der Waals surface area contributed by atoms with Gasteiger partial charge in [-0.15, -0.1) is 6.58 Å². The van der Waals surface area contributed by atoms with Crippen LogP contribution in [0.15, 0.2) is 73.3 Å². The van der Waals surface area contributed by atoms with E-state index in [-0.39, 0.29) is 16.9 Å². The third-order valence-corrected chi connectivity index (χ3v) is 8.39. The summed E-state index contributed by atoms with van der Waals surface area (Å²) in [5.41, 5.74) is 4.51. The molecule has 0 aliphatic heterocycles. The van der Waals surface area contributed by atoms with Gasteiger partial charge in [-0.3, -0.25) is 0 Å². The molecular weight excluding hydrogens is 453 g/mol. The second kappa shape index (κ2) is 10.5. The summed E-state index contributed by atoms with van der Waals surface area (Å²) in [4.78, 5) is 0. The zero-order chi connectivity index (χ0) is 25.2. The molecule has 5 rings (SSSR count). The summed E-state index contributed by atoms with van der Waals surface area (Å²) >= 11 is 0. The van der Waals surface area contributed by atoms with E-state index in [0.717, 1.165) is 41.9 Å². The number of allylic oxidation sites excluding steroid dienone is 3. The summed E-state index contributed by atoms with van der Waals surface area (Å²) in [6.07, 6.45) is 12.6. The van der Waals surface area contributed by atoms with E-state index in [0.29, 0.717) is 23.0 Å². The Morgan fingerprint density at radius 3 is 2.03 bits per heavy atom. The van der Waals surface area contributed by atoms with Crippen molar-refractivity contribution in [3.8, 4) is 22.3 Å². The van der Waals surface area contributed by atoms with Gasteiger partial charge in [-0.05, 0) is 104 Å². The summed E-state index contributed by atoms with van der Waals surface area (Å²) in [6, 6.07) is 15.7. The molecule has 2 aliphatic carbocycles. The molecule has 1 atom stereocenters. The Morgan fingerprint density at radius 2 is 1.39 bits per heavy atom. The zero-order valence-electron chi connectivity index (χ0n) is 20.9. The quantitative estimate of drug-likeness (QED) is 0.315. The highest BCUT2D eigenvalue weighted by atomic mass is 19.2. The first-order chi connectivity index (χ1) is 17.4. The lowest BCUT2D eigenvalue weighted by atomic mass is 9.71. The number of benzene rings is 3. The number of halogens is 3. The number of hydrogen-bond acceptors (Lipinski definition) is 0. The predicted octanol–water partition coefficient (Wildman–Crippen LogP) is 9.92. The summed E-state index contributed by atoms with van der Waals surface area (Å²) in [5, 5.41) is 0. The van der Waals surface area contributed by atoms with Crippen molar-refractivity contribution in [2.24, 2.45) is 17.8 Å². The molecule has 3 aromatic rings. The van der Waals surface area contributed by atoms with Gasteiger partial charge in [-0.1, -0.05) is 60.7 Å². The Bertz CT molecular complexity index is 1280. The Kier molecular flexibility index (Phi) is 7.18. The fourth-order valence-corrected chi connectivity index (χ4v) is 6.05. The molecule has 1 unspecified atom stereocenters. The van der Waals surface area contributed by atoms with Gasteiger partial charge in [0.15, 0.2) is 11.6 Å². The maximum absolute atomic E-state index is 15.2. The topological polar surface area (TPSA) is 0 Å². The molecule has 0 radical (unpaired) electrons. The molecule has 0 nitrogen and oxygen atoms in total. The first-order valence-corrected chi connectivity index (χ1v) is 13.1. The predicted molar refractivity (Wildman–Crippen MR) is 143 cm³/mol. The lowest BCUT2D eigenvalue weighted by Gasteiger charge is -2.34. The van der Waals surface area contributed by atoms with Crippen LogP contribution in [0.1, 0.15) is 56.1 Å². The SMILES string of the molecule is C=CC1CCC(C2CC=C(c3ccc(-c4ccc(-c5ccc(C)c(F)c5F)cc4)cc3F)CC2)CC1. The lowest BCUT2D eigenvalue weighted by Crippen LogP contribution is -2.22. The second-order valence-electron chi connectivity index (χ2n) is 10.5. The molecule has 36 heavy (non-hydrogen) atoms. The lowest BCUT2D eigenvalue weighted by molar-refractivity contribution is 0.212. The number of rotatable bonds is 5. The largest absolute Gasteiger partial charge is 0.206 e. The fraction of sp³-hybridized carbons (Fsp3) is 0.333. The van der Waals surface area contributed by atoms with Gasteiger partial charge < -0.3 is 0 Å². The molecule has 0 spiro atoms. The van der Waals surface area contributed by atoms with Gasteiger partial charge in [0, 0.05) is 11.1 Å². The minimum atomic E-state index is -0.842. The van der Waals surface area contributed by atoms with Gasteiger partial charge >= 0.3 is 0 Å². The summed E-state index contributed by atoms with van der Waals surface area (Å²) in [6.45, 7) is 5.50. The van der Waals surface area contributed by atoms with E-state index < -0.39 is 11.6 Å². The smallest absolute Gasteiger partial charge is 0.166 e. The molecule has 0 bridgehead atoms. The van der Waals surface area contributed by atoms with Crippen LogP contribution >= 0.6 is 0 Å². The standard InChI is InChI=1S/C33H33F3/c1-3-22-5-7-23(8-6-22)24-9-13-26(14-10-24)29-19-17-28(20-31(29)34)25-11-15-27(16-12-25)30-18-4-21(2)32(35)33(30)36/h3-4,11-13,15-20,22-24H,1,5-10,14H2,2H3. The molecule has 3 aromatic carbocycles. The Balaban J connectivity index is 1.28. The average molecular weight is 487 g/mol. The summed E-state index contributed by atoms with van der Waals surface area (Å²) in [7, 11) is 0. The molecule has 0 heterocycles. The molecule has 0 amide bonds. The van der Waals surface area contributed by atoms with E-state index in [1.807, 2.05) is 24.3 Å². The van der Waals surface area contributed by atoms with Crippen LogP contribution in [0.2, 0.25) is 0 Å². The van der Waals surface area contributed by atoms with Crippen LogP contribution in [0.4, 0.5) is 13.2 Å². The third-order valence-electron chi connectivity index (χ3n) is 8.39. The van der Waals surface area contributed by atoms with Crippen molar-refractivity contribution in [3.05, 3.63) is 102 Å². The first kappa shape index (κ1) is 24.6. The minimum Gasteiger partial charge on any atom is -0.206 e. The highest BCUT2D eigenvalue weighted by Crippen LogP contribution is 2.42. The van der Waals surface area contributed by atoms with E-state index in [1.165, 1.54) is 25.7 Å². The van der Waals surface area contributed by atoms with Crippen LogP contribution in [0.25, 0.3) is 27.8 Å². The van der Waals surface area contributed by atoms with Gasteiger partial charge in [0.25, 0.3) is 0 Å². The van der Waals surface area contributed by atoms with Crippen LogP contribution in [-0.2, 0) is 0 Å². The van der Waals surface area contributed by atoms with E-state index in [1.54, 1.807) is 37.3 Å². The van der Waals surface area contributed by atoms with E-state index in [2.05, 4.69) is 18.7 Å². The molecule has 0 saturated heterocycles. The van der Waals surface area contributed by atoms with Gasteiger partial charge in [0.1, 0.15) is 5.82 Å². The van der Waals surface area contributed by atoms with E-state index >= 15 is 4.39 Å². The molecule has 0 N–H and O–H groups in total. The van der Waals surface area contributed by atoms with Crippen LogP contribution in [0.5, 0.6) is 0 Å².